The van der Waals surface area contributed by atoms with E-state index in [1.807, 2.05) is 6.92 Å². The van der Waals surface area contributed by atoms with Gasteiger partial charge in [0.2, 0.25) is 0 Å². The van der Waals surface area contributed by atoms with Gasteiger partial charge in [-0.3, -0.25) is 0 Å². The van der Waals surface area contributed by atoms with E-state index in [1.54, 1.807) is 0 Å². The zero-order chi connectivity index (χ0) is 10.6. The second-order valence-electron chi connectivity index (χ2n) is 4.63. The molecule has 1 aliphatic heterocycles. The van der Waals surface area contributed by atoms with Crippen molar-refractivity contribution in [3.8, 4) is 11.8 Å². The van der Waals surface area contributed by atoms with Gasteiger partial charge in [0.25, 0.3) is 0 Å². The molecule has 2 nitrogen and oxygen atoms in total. The first-order valence-electron chi connectivity index (χ1n) is 5.35. The predicted octanol–water partition coefficient (Wildman–Crippen LogP) is 1.35. The molecule has 80 valence electrons. The SMILES string of the molecule is CC#CCCN1CC(C)C(C)(CO)C1. The summed E-state index contributed by atoms with van der Waals surface area (Å²) in [4.78, 5) is 2.41. The number of hydrogen-bond donors (Lipinski definition) is 1. The molecule has 2 unspecified atom stereocenters. The summed E-state index contributed by atoms with van der Waals surface area (Å²) in [6, 6.07) is 0. The summed E-state index contributed by atoms with van der Waals surface area (Å²) < 4.78 is 0. The molecule has 0 aromatic rings. The Labute approximate surface area is 87.3 Å². The topological polar surface area (TPSA) is 23.5 Å². The molecule has 1 N–H and O–H groups in total. The lowest BCUT2D eigenvalue weighted by Crippen LogP contribution is -2.30. The van der Waals surface area contributed by atoms with Crippen molar-refractivity contribution in [3.05, 3.63) is 0 Å². The van der Waals surface area contributed by atoms with E-state index in [-0.39, 0.29) is 5.41 Å². The van der Waals surface area contributed by atoms with Gasteiger partial charge in [0.1, 0.15) is 0 Å². The number of aliphatic hydroxyl groups is 1. The summed E-state index contributed by atoms with van der Waals surface area (Å²) in [6.45, 7) is 9.72. The van der Waals surface area contributed by atoms with Crippen LogP contribution in [0.15, 0.2) is 0 Å². The molecule has 0 saturated carbocycles. The van der Waals surface area contributed by atoms with Crippen LogP contribution in [0, 0.1) is 23.2 Å². The third-order valence-electron chi connectivity index (χ3n) is 3.40. The van der Waals surface area contributed by atoms with E-state index < -0.39 is 0 Å². The molecule has 0 aromatic carbocycles. The molecule has 1 aliphatic rings. The van der Waals surface area contributed by atoms with Gasteiger partial charge in [-0.25, -0.2) is 0 Å². The van der Waals surface area contributed by atoms with Gasteiger partial charge in [-0.05, 0) is 12.8 Å². The summed E-state index contributed by atoms with van der Waals surface area (Å²) in [5.74, 6) is 6.58. The minimum Gasteiger partial charge on any atom is -0.396 e. The van der Waals surface area contributed by atoms with Crippen LogP contribution in [-0.2, 0) is 0 Å². The maximum atomic E-state index is 9.33. The zero-order valence-electron chi connectivity index (χ0n) is 9.51. The summed E-state index contributed by atoms with van der Waals surface area (Å²) >= 11 is 0. The smallest absolute Gasteiger partial charge is 0.0500 e. The van der Waals surface area contributed by atoms with Crippen molar-refractivity contribution >= 4 is 0 Å². The van der Waals surface area contributed by atoms with Gasteiger partial charge in [-0.15, -0.1) is 11.8 Å². The average Bonchev–Trinajstić information content (AvgIpc) is 2.44. The molecule has 14 heavy (non-hydrogen) atoms. The number of nitrogens with zero attached hydrogens (tertiary/aromatic N) is 1. The highest BCUT2D eigenvalue weighted by molar-refractivity contribution is 4.97. The second-order valence-corrected chi connectivity index (χ2v) is 4.63. The third-order valence-corrected chi connectivity index (χ3v) is 3.40. The number of likely N-dealkylation sites (tertiary alicyclic amines) is 1. The number of rotatable bonds is 3. The van der Waals surface area contributed by atoms with Crippen LogP contribution in [0.25, 0.3) is 0 Å². The molecule has 0 aliphatic carbocycles. The van der Waals surface area contributed by atoms with Gasteiger partial charge < -0.3 is 10.0 Å². The van der Waals surface area contributed by atoms with Crippen LogP contribution in [0.5, 0.6) is 0 Å². The van der Waals surface area contributed by atoms with Gasteiger partial charge in [0, 0.05) is 38.1 Å². The first-order chi connectivity index (χ1) is 6.62. The molecule has 0 amide bonds. The minimum atomic E-state index is 0.0969. The van der Waals surface area contributed by atoms with Crippen molar-refractivity contribution in [3.63, 3.8) is 0 Å². The van der Waals surface area contributed by atoms with Crippen molar-refractivity contribution in [2.75, 3.05) is 26.2 Å². The molecule has 1 saturated heterocycles. The molecule has 0 radical (unpaired) electrons. The van der Waals surface area contributed by atoms with Crippen LogP contribution < -0.4 is 0 Å². The van der Waals surface area contributed by atoms with Gasteiger partial charge in [0.15, 0.2) is 0 Å². The van der Waals surface area contributed by atoms with Crippen molar-refractivity contribution in [2.45, 2.75) is 27.2 Å². The first-order valence-corrected chi connectivity index (χ1v) is 5.35. The zero-order valence-corrected chi connectivity index (χ0v) is 9.51. The summed E-state index contributed by atoms with van der Waals surface area (Å²) in [5.41, 5.74) is 0.0969. The van der Waals surface area contributed by atoms with Crippen molar-refractivity contribution < 1.29 is 5.11 Å². The monoisotopic (exact) mass is 195 g/mol. The van der Waals surface area contributed by atoms with Crippen LogP contribution in [0.4, 0.5) is 0 Å². The maximum absolute atomic E-state index is 9.33. The van der Waals surface area contributed by atoms with Crippen molar-refractivity contribution in [2.24, 2.45) is 11.3 Å². The second kappa shape index (κ2) is 4.82. The Kier molecular flexibility index (Phi) is 3.97. The lowest BCUT2D eigenvalue weighted by atomic mass is 9.82. The Bertz CT molecular complexity index is 240. The molecule has 2 atom stereocenters. The molecule has 1 rings (SSSR count). The van der Waals surface area contributed by atoms with Crippen LogP contribution in [-0.4, -0.2) is 36.2 Å². The van der Waals surface area contributed by atoms with E-state index in [0.717, 1.165) is 26.1 Å². The predicted molar refractivity (Wildman–Crippen MR) is 58.9 cm³/mol. The Morgan fingerprint density at radius 2 is 2.29 bits per heavy atom. The largest absolute Gasteiger partial charge is 0.396 e. The molecule has 0 spiro atoms. The summed E-state index contributed by atoms with van der Waals surface area (Å²) in [5, 5.41) is 9.33. The maximum Gasteiger partial charge on any atom is 0.0500 e. The molecule has 0 aromatic heterocycles. The van der Waals surface area contributed by atoms with E-state index >= 15 is 0 Å². The highest BCUT2D eigenvalue weighted by Crippen LogP contribution is 2.34. The van der Waals surface area contributed by atoms with Crippen LogP contribution in [0.2, 0.25) is 0 Å². The van der Waals surface area contributed by atoms with E-state index in [0.29, 0.717) is 12.5 Å². The highest BCUT2D eigenvalue weighted by atomic mass is 16.3. The summed E-state index contributed by atoms with van der Waals surface area (Å²) in [6.07, 6.45) is 0.949. The summed E-state index contributed by atoms with van der Waals surface area (Å²) in [7, 11) is 0. The lowest BCUT2D eigenvalue weighted by Gasteiger charge is -2.25. The van der Waals surface area contributed by atoms with Crippen LogP contribution >= 0.6 is 0 Å². The van der Waals surface area contributed by atoms with Crippen molar-refractivity contribution in [1.29, 1.82) is 0 Å². The van der Waals surface area contributed by atoms with Crippen LogP contribution in [0.3, 0.4) is 0 Å². The van der Waals surface area contributed by atoms with Gasteiger partial charge in [-0.1, -0.05) is 13.8 Å². The first kappa shape index (κ1) is 11.6. The molecule has 1 fully saturated rings. The Morgan fingerprint density at radius 1 is 1.57 bits per heavy atom. The molecule has 1 heterocycles. The molecule has 2 heteroatoms. The normalized spacial score (nSPS) is 32.7. The van der Waals surface area contributed by atoms with E-state index in [2.05, 4.69) is 30.6 Å². The van der Waals surface area contributed by atoms with Crippen molar-refractivity contribution in [1.82, 2.24) is 4.90 Å². The molecule has 0 bridgehead atoms. The van der Waals surface area contributed by atoms with Crippen LogP contribution in [0.1, 0.15) is 27.2 Å². The number of aliphatic hydroxyl groups excluding tert-OH is 1. The molecular formula is C12H21NO. The third kappa shape index (κ3) is 2.50. The van der Waals surface area contributed by atoms with Gasteiger partial charge in [-0.2, -0.15) is 0 Å². The van der Waals surface area contributed by atoms with Gasteiger partial charge >= 0.3 is 0 Å². The standard InChI is InChI=1S/C12H21NO/c1-4-5-6-7-13-8-11(2)12(3,9-13)10-14/h11,14H,6-10H2,1-3H3. The highest BCUT2D eigenvalue weighted by Gasteiger charge is 2.39. The number of hydrogen-bond acceptors (Lipinski definition) is 2. The molecular weight excluding hydrogens is 174 g/mol. The quantitative estimate of drug-likeness (QED) is 0.687. The van der Waals surface area contributed by atoms with E-state index in [4.69, 9.17) is 0 Å². The van der Waals surface area contributed by atoms with Gasteiger partial charge in [0.05, 0.1) is 0 Å². The fourth-order valence-corrected chi connectivity index (χ4v) is 2.05. The fraction of sp³-hybridized carbons (Fsp3) is 0.833. The Hall–Kier alpha value is -0.520. The van der Waals surface area contributed by atoms with E-state index in [9.17, 15) is 5.11 Å². The lowest BCUT2D eigenvalue weighted by molar-refractivity contribution is 0.117. The Balaban J connectivity index is 2.41. The average molecular weight is 195 g/mol. The minimum absolute atomic E-state index is 0.0969. The van der Waals surface area contributed by atoms with E-state index in [1.165, 1.54) is 0 Å². The Morgan fingerprint density at radius 3 is 2.79 bits per heavy atom. The fourth-order valence-electron chi connectivity index (χ4n) is 2.05.